The molecule has 1 aromatic rings. The Bertz CT molecular complexity index is 427. The fraction of sp³-hybridized carbons (Fsp3) is 0.556. The topological polar surface area (TPSA) is 109 Å². The number of nitrogens with one attached hydrogen (secondary N) is 1. The molecular weight excluding hydrogens is 210 g/mol. The summed E-state index contributed by atoms with van der Waals surface area (Å²) >= 11 is 0. The van der Waals surface area contributed by atoms with Gasteiger partial charge in [0.2, 0.25) is 5.78 Å². The summed E-state index contributed by atoms with van der Waals surface area (Å²) in [7, 11) is 0. The number of guanidine groups is 1. The number of nitrogens with two attached hydrogens (primary N) is 1. The zero-order valence-corrected chi connectivity index (χ0v) is 8.93. The Morgan fingerprint density at radius 3 is 3.00 bits per heavy atom. The number of carbonyl (C=O) groups excluding carboxylic acids is 1. The Balaban J connectivity index is 2.18. The van der Waals surface area contributed by atoms with Gasteiger partial charge in [0.05, 0.1) is 0 Å². The fourth-order valence-electron chi connectivity index (χ4n) is 1.87. The van der Waals surface area contributed by atoms with E-state index in [-0.39, 0.29) is 17.6 Å². The first-order chi connectivity index (χ1) is 7.59. The smallest absolute Gasteiger partial charge is 0.296 e. The molecule has 0 bridgehead atoms. The van der Waals surface area contributed by atoms with Crippen LogP contribution in [0.5, 0.6) is 0 Å². The minimum Gasteiger partial charge on any atom is -0.370 e. The fourth-order valence-corrected chi connectivity index (χ4v) is 1.87. The highest BCUT2D eigenvalue weighted by atomic mass is 16.5. The third-order valence-corrected chi connectivity index (χ3v) is 2.60. The zero-order valence-electron chi connectivity index (χ0n) is 8.93. The third kappa shape index (κ3) is 1.75. The average Bonchev–Trinajstić information content (AvgIpc) is 2.84. The van der Waals surface area contributed by atoms with Crippen LogP contribution in [-0.4, -0.2) is 39.4 Å². The molecule has 2 heterocycles. The number of nitrogens with zero attached hydrogens (tertiary/aromatic N) is 3. The SMILES string of the molecule is Cc1noc(C(=O)C2CCCN2C(=N)N)n1. The lowest BCUT2D eigenvalue weighted by atomic mass is 10.1. The highest BCUT2D eigenvalue weighted by Crippen LogP contribution is 2.19. The van der Waals surface area contributed by atoms with Crippen LogP contribution in [0.15, 0.2) is 4.52 Å². The molecule has 1 fully saturated rings. The lowest BCUT2D eigenvalue weighted by Gasteiger charge is -2.21. The van der Waals surface area contributed by atoms with Crippen molar-refractivity contribution in [3.8, 4) is 0 Å². The quantitative estimate of drug-likeness (QED) is 0.412. The highest BCUT2D eigenvalue weighted by molar-refractivity contribution is 5.98. The van der Waals surface area contributed by atoms with Crippen LogP contribution in [0.25, 0.3) is 0 Å². The molecule has 2 rings (SSSR count). The normalized spacial score (nSPS) is 20.1. The summed E-state index contributed by atoms with van der Waals surface area (Å²) in [5.41, 5.74) is 5.40. The summed E-state index contributed by atoms with van der Waals surface area (Å²) in [6, 6.07) is -0.433. The molecule has 86 valence electrons. The molecule has 0 amide bonds. The van der Waals surface area contributed by atoms with Gasteiger partial charge >= 0.3 is 0 Å². The third-order valence-electron chi connectivity index (χ3n) is 2.60. The van der Waals surface area contributed by atoms with E-state index in [1.807, 2.05) is 0 Å². The maximum absolute atomic E-state index is 12.0. The Kier molecular flexibility index (Phi) is 2.59. The second kappa shape index (κ2) is 3.92. The van der Waals surface area contributed by atoms with Gasteiger partial charge in [0.1, 0.15) is 6.04 Å². The number of likely N-dealkylation sites (tertiary alicyclic amines) is 1. The van der Waals surface area contributed by atoms with E-state index in [0.29, 0.717) is 18.8 Å². The molecule has 7 nitrogen and oxygen atoms in total. The number of Topliss-reactive ketones (excluding diaryl/α,β-unsaturated/α-hetero) is 1. The van der Waals surface area contributed by atoms with Crippen LogP contribution in [0.1, 0.15) is 29.4 Å². The number of rotatable bonds is 2. The largest absolute Gasteiger partial charge is 0.370 e. The predicted molar refractivity (Wildman–Crippen MR) is 55.0 cm³/mol. The van der Waals surface area contributed by atoms with Gasteiger partial charge in [0, 0.05) is 6.54 Å². The van der Waals surface area contributed by atoms with E-state index in [2.05, 4.69) is 10.1 Å². The Morgan fingerprint density at radius 2 is 2.44 bits per heavy atom. The molecule has 7 heteroatoms. The minimum absolute atomic E-state index is 0.00403. The van der Waals surface area contributed by atoms with Crippen molar-refractivity contribution in [1.82, 2.24) is 15.0 Å². The molecular formula is C9H13N5O2. The van der Waals surface area contributed by atoms with E-state index >= 15 is 0 Å². The summed E-state index contributed by atoms with van der Waals surface area (Å²) in [6.45, 7) is 2.27. The Morgan fingerprint density at radius 1 is 1.69 bits per heavy atom. The molecule has 1 aliphatic heterocycles. The number of ketones is 1. The van der Waals surface area contributed by atoms with Crippen molar-refractivity contribution < 1.29 is 9.32 Å². The van der Waals surface area contributed by atoms with Crippen molar-refractivity contribution in [2.24, 2.45) is 5.73 Å². The molecule has 0 aromatic carbocycles. The van der Waals surface area contributed by atoms with E-state index < -0.39 is 6.04 Å². The van der Waals surface area contributed by atoms with Gasteiger partial charge in [-0.05, 0) is 19.8 Å². The first kappa shape index (κ1) is 10.6. The van der Waals surface area contributed by atoms with Gasteiger partial charge in [-0.15, -0.1) is 0 Å². The standard InChI is InChI=1S/C9H13N5O2/c1-5-12-8(16-13-5)7(15)6-3-2-4-14(6)9(10)11/h6H,2-4H2,1H3,(H3,10,11). The van der Waals surface area contributed by atoms with Gasteiger partial charge in [-0.1, -0.05) is 5.16 Å². The van der Waals surface area contributed by atoms with Gasteiger partial charge in [0.25, 0.3) is 5.89 Å². The number of hydrogen-bond donors (Lipinski definition) is 2. The second-order valence-corrected chi connectivity index (χ2v) is 3.75. The Hall–Kier alpha value is -1.92. The monoisotopic (exact) mass is 223 g/mol. The van der Waals surface area contributed by atoms with Crippen LogP contribution in [-0.2, 0) is 0 Å². The van der Waals surface area contributed by atoms with Crippen LogP contribution in [0, 0.1) is 12.3 Å². The molecule has 1 atom stereocenters. The van der Waals surface area contributed by atoms with Crippen molar-refractivity contribution in [2.45, 2.75) is 25.8 Å². The molecule has 16 heavy (non-hydrogen) atoms. The van der Waals surface area contributed by atoms with Crippen molar-refractivity contribution in [3.63, 3.8) is 0 Å². The van der Waals surface area contributed by atoms with Crippen molar-refractivity contribution >= 4 is 11.7 Å². The summed E-state index contributed by atoms with van der Waals surface area (Å²) in [5, 5.41) is 10.9. The summed E-state index contributed by atoms with van der Waals surface area (Å²) < 4.78 is 4.82. The maximum atomic E-state index is 12.0. The summed E-state index contributed by atoms with van der Waals surface area (Å²) in [4.78, 5) is 17.4. The van der Waals surface area contributed by atoms with Crippen molar-refractivity contribution in [2.75, 3.05) is 6.54 Å². The van der Waals surface area contributed by atoms with Gasteiger partial charge in [-0.2, -0.15) is 4.98 Å². The molecule has 0 aliphatic carbocycles. The van der Waals surface area contributed by atoms with Gasteiger partial charge in [-0.3, -0.25) is 10.2 Å². The number of carbonyl (C=O) groups is 1. The summed E-state index contributed by atoms with van der Waals surface area (Å²) in [6.07, 6.45) is 1.50. The van der Waals surface area contributed by atoms with E-state index in [9.17, 15) is 4.79 Å². The van der Waals surface area contributed by atoms with Crippen molar-refractivity contribution in [1.29, 1.82) is 5.41 Å². The van der Waals surface area contributed by atoms with Crippen molar-refractivity contribution in [3.05, 3.63) is 11.7 Å². The molecule has 1 unspecified atom stereocenters. The highest BCUT2D eigenvalue weighted by Gasteiger charge is 2.34. The van der Waals surface area contributed by atoms with Gasteiger partial charge < -0.3 is 15.2 Å². The predicted octanol–water partition coefficient (Wildman–Crippen LogP) is -0.0814. The zero-order chi connectivity index (χ0) is 11.7. The van der Waals surface area contributed by atoms with Crippen LogP contribution in [0.4, 0.5) is 0 Å². The molecule has 1 aliphatic rings. The number of aromatic nitrogens is 2. The van der Waals surface area contributed by atoms with E-state index in [1.165, 1.54) is 0 Å². The van der Waals surface area contributed by atoms with E-state index in [4.69, 9.17) is 15.7 Å². The van der Waals surface area contributed by atoms with Crippen LogP contribution in [0.3, 0.4) is 0 Å². The summed E-state index contributed by atoms with van der Waals surface area (Å²) in [5.74, 6) is 0.0757. The first-order valence-electron chi connectivity index (χ1n) is 5.05. The molecule has 3 N–H and O–H groups in total. The second-order valence-electron chi connectivity index (χ2n) is 3.75. The van der Waals surface area contributed by atoms with Crippen LogP contribution >= 0.6 is 0 Å². The van der Waals surface area contributed by atoms with Gasteiger partial charge in [-0.25, -0.2) is 0 Å². The molecule has 1 aromatic heterocycles. The molecule has 0 saturated carbocycles. The van der Waals surface area contributed by atoms with E-state index in [0.717, 1.165) is 6.42 Å². The van der Waals surface area contributed by atoms with Crippen LogP contribution in [0.2, 0.25) is 0 Å². The lowest BCUT2D eigenvalue weighted by Crippen LogP contribution is -2.44. The van der Waals surface area contributed by atoms with Crippen LogP contribution < -0.4 is 5.73 Å². The lowest BCUT2D eigenvalue weighted by molar-refractivity contribution is 0.0867. The molecule has 1 saturated heterocycles. The average molecular weight is 223 g/mol. The van der Waals surface area contributed by atoms with Gasteiger partial charge in [0.15, 0.2) is 11.8 Å². The first-order valence-corrected chi connectivity index (χ1v) is 5.05. The molecule has 0 spiro atoms. The maximum Gasteiger partial charge on any atom is 0.296 e. The molecule has 0 radical (unpaired) electrons. The Labute approximate surface area is 92.1 Å². The van der Waals surface area contributed by atoms with E-state index in [1.54, 1.807) is 11.8 Å². The minimum atomic E-state index is -0.433. The number of aryl methyl sites for hydroxylation is 1. The number of hydrogen-bond acceptors (Lipinski definition) is 5.